The minimum atomic E-state index is -0.502. The van der Waals surface area contributed by atoms with Crippen molar-refractivity contribution in [3.63, 3.8) is 0 Å². The molecule has 0 bridgehead atoms. The number of urea groups is 1. The van der Waals surface area contributed by atoms with Gasteiger partial charge in [-0.1, -0.05) is 23.2 Å². The predicted molar refractivity (Wildman–Crippen MR) is 112 cm³/mol. The second-order valence-corrected chi connectivity index (χ2v) is 7.51. The Morgan fingerprint density at radius 1 is 1.29 bits per heavy atom. The van der Waals surface area contributed by atoms with Crippen molar-refractivity contribution in [2.75, 3.05) is 49.8 Å². The van der Waals surface area contributed by atoms with Crippen molar-refractivity contribution in [3.05, 3.63) is 34.4 Å². The Kier molecular flexibility index (Phi) is 6.43. The van der Waals surface area contributed by atoms with E-state index in [1.165, 1.54) is 0 Å². The number of nitrogens with zero attached hydrogens (tertiary/aromatic N) is 4. The lowest BCUT2D eigenvalue weighted by Crippen LogP contribution is -2.35. The van der Waals surface area contributed by atoms with Crippen LogP contribution in [0.2, 0.25) is 10.0 Å². The maximum atomic E-state index is 12.3. The number of benzene rings is 1. The molecule has 0 saturated carbocycles. The Morgan fingerprint density at radius 2 is 2.00 bits per heavy atom. The Bertz CT molecular complexity index is 846. The van der Waals surface area contributed by atoms with Gasteiger partial charge in [0.25, 0.3) is 0 Å². The highest BCUT2D eigenvalue weighted by Gasteiger charge is 2.26. The lowest BCUT2D eigenvalue weighted by molar-refractivity contribution is 0.262. The number of methoxy groups -OCH3 is 1. The fraction of sp³-hybridized carbons (Fsp3) is 0.389. The summed E-state index contributed by atoms with van der Waals surface area (Å²) >= 11 is 11.9. The number of rotatable bonds is 5. The van der Waals surface area contributed by atoms with Crippen LogP contribution in [0.3, 0.4) is 0 Å². The number of likely N-dealkylation sites (N-methyl/N-ethyl adjacent to an activating group) is 2. The Hall–Kier alpha value is -2.29. The van der Waals surface area contributed by atoms with Crippen LogP contribution in [0.25, 0.3) is 0 Å². The third-order valence-corrected chi connectivity index (χ3v) is 4.99. The number of carbonyl (C=O) groups is 1. The number of anilines is 3. The first kappa shape index (κ1) is 20.4. The summed E-state index contributed by atoms with van der Waals surface area (Å²) in [5, 5.41) is 6.13. The van der Waals surface area contributed by atoms with Crippen molar-refractivity contribution in [1.82, 2.24) is 14.9 Å². The van der Waals surface area contributed by atoms with Crippen LogP contribution in [0.15, 0.2) is 24.4 Å². The van der Waals surface area contributed by atoms with E-state index in [0.29, 0.717) is 33.3 Å². The summed E-state index contributed by atoms with van der Waals surface area (Å²) in [5.74, 6) is 1.34. The fourth-order valence-electron chi connectivity index (χ4n) is 3.11. The van der Waals surface area contributed by atoms with E-state index in [2.05, 4.69) is 37.4 Å². The molecular weight excluding hydrogens is 403 g/mol. The molecular formula is C18H22Cl2N6O2. The normalized spacial score (nSPS) is 16.7. The summed E-state index contributed by atoms with van der Waals surface area (Å²) in [4.78, 5) is 25.3. The van der Waals surface area contributed by atoms with E-state index < -0.39 is 6.03 Å². The van der Waals surface area contributed by atoms with Crippen LogP contribution < -0.4 is 20.3 Å². The van der Waals surface area contributed by atoms with Crippen LogP contribution in [0.4, 0.5) is 22.2 Å². The van der Waals surface area contributed by atoms with E-state index in [-0.39, 0.29) is 5.95 Å². The Labute approximate surface area is 173 Å². The quantitative estimate of drug-likeness (QED) is 0.762. The molecule has 1 aromatic heterocycles. The van der Waals surface area contributed by atoms with Crippen molar-refractivity contribution < 1.29 is 9.53 Å². The number of aromatic nitrogens is 2. The number of likely N-dealkylation sites (tertiary alicyclic amines) is 1. The number of ether oxygens (including phenoxy) is 1. The fourth-order valence-corrected chi connectivity index (χ4v) is 3.64. The van der Waals surface area contributed by atoms with Crippen molar-refractivity contribution in [2.45, 2.75) is 12.5 Å². The van der Waals surface area contributed by atoms with Gasteiger partial charge in [0, 0.05) is 35.4 Å². The molecule has 2 amide bonds. The van der Waals surface area contributed by atoms with Gasteiger partial charge in [0.2, 0.25) is 5.95 Å². The molecule has 2 aromatic rings. The zero-order valence-electron chi connectivity index (χ0n) is 15.9. The number of hydrogen-bond acceptors (Lipinski definition) is 6. The van der Waals surface area contributed by atoms with Crippen molar-refractivity contribution in [2.24, 2.45) is 0 Å². The van der Waals surface area contributed by atoms with Crippen molar-refractivity contribution in [1.29, 1.82) is 0 Å². The summed E-state index contributed by atoms with van der Waals surface area (Å²) in [6.07, 6.45) is 2.57. The molecule has 8 nitrogen and oxygen atoms in total. The molecule has 150 valence electrons. The maximum Gasteiger partial charge on any atom is 0.326 e. The largest absolute Gasteiger partial charge is 0.491 e. The highest BCUT2D eigenvalue weighted by atomic mass is 35.5. The van der Waals surface area contributed by atoms with Crippen molar-refractivity contribution in [3.8, 4) is 5.75 Å². The van der Waals surface area contributed by atoms with Gasteiger partial charge in [-0.2, -0.15) is 4.98 Å². The lowest BCUT2D eigenvalue weighted by Gasteiger charge is -2.27. The number of halogens is 2. The van der Waals surface area contributed by atoms with E-state index in [4.69, 9.17) is 27.9 Å². The molecule has 28 heavy (non-hydrogen) atoms. The Morgan fingerprint density at radius 3 is 2.61 bits per heavy atom. The summed E-state index contributed by atoms with van der Waals surface area (Å²) < 4.78 is 5.40. The SMILES string of the molecule is COc1cnc(NC(=O)Nc2cc(Cl)cc(Cl)c2)nc1N(C)C1CCN(C)C1. The van der Waals surface area contributed by atoms with Gasteiger partial charge >= 0.3 is 6.03 Å². The van der Waals surface area contributed by atoms with Crippen LogP contribution in [0.5, 0.6) is 5.75 Å². The third-order valence-electron chi connectivity index (χ3n) is 4.55. The van der Waals surface area contributed by atoms with E-state index in [1.807, 2.05) is 7.05 Å². The van der Waals surface area contributed by atoms with Gasteiger partial charge in [-0.25, -0.2) is 9.78 Å². The minimum absolute atomic E-state index is 0.166. The second kappa shape index (κ2) is 8.81. The first-order valence-corrected chi connectivity index (χ1v) is 9.48. The molecule has 1 fully saturated rings. The molecule has 1 aliphatic heterocycles. The molecule has 1 aliphatic rings. The van der Waals surface area contributed by atoms with E-state index >= 15 is 0 Å². The minimum Gasteiger partial charge on any atom is -0.491 e. The number of hydrogen-bond donors (Lipinski definition) is 2. The average molecular weight is 425 g/mol. The molecule has 1 atom stereocenters. The molecule has 3 rings (SSSR count). The first-order valence-electron chi connectivity index (χ1n) is 8.72. The predicted octanol–water partition coefficient (Wildman–Crippen LogP) is 3.58. The number of carbonyl (C=O) groups excluding carboxylic acids is 1. The van der Waals surface area contributed by atoms with Gasteiger partial charge < -0.3 is 19.9 Å². The molecule has 10 heteroatoms. The second-order valence-electron chi connectivity index (χ2n) is 6.64. The maximum absolute atomic E-state index is 12.3. The summed E-state index contributed by atoms with van der Waals surface area (Å²) in [5.41, 5.74) is 0.467. The van der Waals surface area contributed by atoms with E-state index in [0.717, 1.165) is 19.5 Å². The van der Waals surface area contributed by atoms with Crippen LogP contribution >= 0.6 is 23.2 Å². The van der Waals surface area contributed by atoms with Gasteiger partial charge in [-0.3, -0.25) is 5.32 Å². The van der Waals surface area contributed by atoms with Gasteiger partial charge in [-0.05, 0) is 38.2 Å². The molecule has 0 aliphatic carbocycles. The molecule has 0 spiro atoms. The van der Waals surface area contributed by atoms with Gasteiger partial charge in [-0.15, -0.1) is 0 Å². The molecule has 0 radical (unpaired) electrons. The van der Waals surface area contributed by atoms with Crippen LogP contribution in [-0.4, -0.2) is 61.2 Å². The molecule has 2 heterocycles. The molecule has 1 unspecified atom stereocenters. The topological polar surface area (TPSA) is 82.6 Å². The molecule has 1 saturated heterocycles. The zero-order valence-corrected chi connectivity index (χ0v) is 17.4. The lowest BCUT2D eigenvalue weighted by atomic mass is 10.2. The number of amides is 2. The van der Waals surface area contributed by atoms with Crippen LogP contribution in [0, 0.1) is 0 Å². The summed E-state index contributed by atoms with van der Waals surface area (Å²) in [6, 6.07) is 4.58. The third kappa shape index (κ3) is 4.95. The average Bonchev–Trinajstić information content (AvgIpc) is 3.06. The van der Waals surface area contributed by atoms with Crippen LogP contribution in [-0.2, 0) is 0 Å². The van der Waals surface area contributed by atoms with Crippen LogP contribution in [0.1, 0.15) is 6.42 Å². The highest BCUT2D eigenvalue weighted by molar-refractivity contribution is 6.35. The van der Waals surface area contributed by atoms with Gasteiger partial charge in [0.05, 0.1) is 13.3 Å². The van der Waals surface area contributed by atoms with Crippen molar-refractivity contribution >= 4 is 46.7 Å². The zero-order chi connectivity index (χ0) is 20.3. The summed E-state index contributed by atoms with van der Waals surface area (Å²) in [6.45, 7) is 1.96. The standard InChI is InChI=1S/C18H22Cl2N6O2/c1-25-5-4-14(10-25)26(2)16-15(28-3)9-21-17(23-16)24-18(27)22-13-7-11(19)6-12(20)8-13/h6-9,14H,4-5,10H2,1-3H3,(H2,21,22,23,24,27). The monoisotopic (exact) mass is 424 g/mol. The number of nitrogens with one attached hydrogen (secondary N) is 2. The van der Waals surface area contributed by atoms with E-state index in [9.17, 15) is 4.79 Å². The Balaban J connectivity index is 1.74. The van der Waals surface area contributed by atoms with Gasteiger partial charge in [0.15, 0.2) is 11.6 Å². The van der Waals surface area contributed by atoms with Gasteiger partial charge in [0.1, 0.15) is 0 Å². The molecule has 1 aromatic carbocycles. The molecule has 2 N–H and O–H groups in total. The summed E-state index contributed by atoms with van der Waals surface area (Å²) in [7, 11) is 5.62. The highest BCUT2D eigenvalue weighted by Crippen LogP contribution is 2.29. The first-order chi connectivity index (χ1) is 13.4. The van der Waals surface area contributed by atoms with E-state index in [1.54, 1.807) is 31.5 Å². The smallest absolute Gasteiger partial charge is 0.326 e.